The lowest BCUT2D eigenvalue weighted by Crippen LogP contribution is -2.47. The van der Waals surface area contributed by atoms with Crippen LogP contribution in [-0.4, -0.2) is 92.1 Å². The summed E-state index contributed by atoms with van der Waals surface area (Å²) in [6.07, 6.45) is 6.87. The monoisotopic (exact) mass is 576 g/mol. The molecule has 2 heterocycles. The predicted octanol–water partition coefficient (Wildman–Crippen LogP) is 3.38. The Morgan fingerprint density at radius 3 is 2.60 bits per heavy atom. The number of carbonyl (C=O) groups is 1. The Bertz CT molecular complexity index is 1200. The standard InChI is InChI=1S/C29H44N4O6S/c1-21-17-33(22(2)20-34)29(35)26-16-25(31-40(5,36)37)9-10-27(26)39-23(3)8-6-7-15-38-28(21)19-32(4)18-24-11-13-30-14-12-24/h9-14,16,21-23,28,31,34H,6-8,15,17-20H2,1-5H3/t21-,22+,23+,28-/m0/s1. The van der Waals surface area contributed by atoms with Crippen LogP contribution in [0.5, 0.6) is 5.75 Å². The topological polar surface area (TPSA) is 121 Å². The number of sulfonamides is 1. The Hall–Kier alpha value is -2.73. The van der Waals surface area contributed by atoms with E-state index in [1.807, 2.05) is 26.1 Å². The first-order chi connectivity index (χ1) is 19.0. The molecule has 1 aliphatic heterocycles. The predicted molar refractivity (Wildman–Crippen MR) is 156 cm³/mol. The van der Waals surface area contributed by atoms with E-state index in [1.165, 1.54) is 6.07 Å². The number of fused-ring (bicyclic) bond motifs is 1. The van der Waals surface area contributed by atoms with Crippen molar-refractivity contribution < 1.29 is 27.8 Å². The Kier molecular flexibility index (Phi) is 11.7. The van der Waals surface area contributed by atoms with Gasteiger partial charge in [-0.05, 0) is 76.1 Å². The van der Waals surface area contributed by atoms with Gasteiger partial charge in [0.1, 0.15) is 5.75 Å². The van der Waals surface area contributed by atoms with E-state index < -0.39 is 16.1 Å². The average molecular weight is 577 g/mol. The highest BCUT2D eigenvalue weighted by molar-refractivity contribution is 7.92. The van der Waals surface area contributed by atoms with Crippen LogP contribution in [-0.2, 0) is 21.3 Å². The van der Waals surface area contributed by atoms with Crippen molar-refractivity contribution >= 4 is 21.6 Å². The molecule has 222 valence electrons. The van der Waals surface area contributed by atoms with E-state index in [2.05, 4.69) is 21.5 Å². The molecule has 0 aliphatic carbocycles. The summed E-state index contributed by atoms with van der Waals surface area (Å²) in [5.74, 6) is -0.00334. The zero-order chi connectivity index (χ0) is 29.3. The summed E-state index contributed by atoms with van der Waals surface area (Å²) in [5, 5.41) is 10.1. The zero-order valence-electron chi connectivity index (χ0n) is 24.2. The van der Waals surface area contributed by atoms with Gasteiger partial charge in [0.25, 0.3) is 5.91 Å². The number of aromatic nitrogens is 1. The Labute approximate surface area is 238 Å². The number of aliphatic hydroxyl groups is 1. The fraction of sp³-hybridized carbons (Fsp3) is 0.586. The summed E-state index contributed by atoms with van der Waals surface area (Å²) < 4.78 is 38.8. The molecule has 10 nitrogen and oxygen atoms in total. The van der Waals surface area contributed by atoms with Crippen LogP contribution in [0, 0.1) is 5.92 Å². The van der Waals surface area contributed by atoms with Crippen molar-refractivity contribution in [3.05, 3.63) is 53.9 Å². The molecule has 0 saturated carbocycles. The van der Waals surface area contributed by atoms with Gasteiger partial charge in [-0.2, -0.15) is 0 Å². The summed E-state index contributed by atoms with van der Waals surface area (Å²) >= 11 is 0. The summed E-state index contributed by atoms with van der Waals surface area (Å²) in [7, 11) is -1.50. The molecule has 0 saturated heterocycles. The van der Waals surface area contributed by atoms with Gasteiger partial charge in [0.15, 0.2) is 0 Å². The quantitative estimate of drug-likeness (QED) is 0.491. The van der Waals surface area contributed by atoms with Gasteiger partial charge in [-0.1, -0.05) is 6.92 Å². The molecule has 0 radical (unpaired) electrons. The van der Waals surface area contributed by atoms with Crippen molar-refractivity contribution in [3.8, 4) is 5.75 Å². The molecule has 11 heteroatoms. The van der Waals surface area contributed by atoms with Gasteiger partial charge in [-0.15, -0.1) is 0 Å². The number of amides is 1. The van der Waals surface area contributed by atoms with Crippen LogP contribution in [0.2, 0.25) is 0 Å². The molecular formula is C29H44N4O6S. The van der Waals surface area contributed by atoms with Crippen LogP contribution in [0.1, 0.15) is 56.0 Å². The van der Waals surface area contributed by atoms with E-state index in [0.717, 1.165) is 37.6 Å². The molecule has 1 aromatic heterocycles. The molecule has 3 rings (SSSR count). The Morgan fingerprint density at radius 2 is 1.93 bits per heavy atom. The van der Waals surface area contributed by atoms with Gasteiger partial charge in [0, 0.05) is 50.2 Å². The number of aliphatic hydroxyl groups excluding tert-OH is 1. The van der Waals surface area contributed by atoms with Crippen molar-refractivity contribution in [2.75, 3.05) is 44.3 Å². The minimum Gasteiger partial charge on any atom is -0.490 e. The largest absolute Gasteiger partial charge is 0.490 e. The van der Waals surface area contributed by atoms with Gasteiger partial charge in [-0.3, -0.25) is 19.4 Å². The number of anilines is 1. The molecule has 2 aromatic rings. The smallest absolute Gasteiger partial charge is 0.258 e. The number of hydrogen-bond donors (Lipinski definition) is 2. The summed E-state index contributed by atoms with van der Waals surface area (Å²) in [6.45, 7) is 7.93. The lowest BCUT2D eigenvalue weighted by molar-refractivity contribution is -0.0177. The number of pyridine rings is 1. The van der Waals surface area contributed by atoms with Crippen LogP contribution in [0.4, 0.5) is 5.69 Å². The first kappa shape index (κ1) is 31.8. The molecule has 0 spiro atoms. The third-order valence-electron chi connectivity index (χ3n) is 7.05. The molecule has 4 atom stereocenters. The molecule has 1 amide bonds. The number of rotatable bonds is 8. The van der Waals surface area contributed by atoms with Crippen molar-refractivity contribution in [2.24, 2.45) is 5.92 Å². The van der Waals surface area contributed by atoms with Crippen LogP contribution in [0.3, 0.4) is 0 Å². The molecule has 1 aromatic carbocycles. The average Bonchev–Trinajstić information content (AvgIpc) is 2.90. The lowest BCUT2D eigenvalue weighted by Gasteiger charge is -2.36. The number of likely N-dealkylation sites (N-methyl/N-ethyl adjacent to an activating group) is 1. The molecule has 1 aliphatic rings. The van der Waals surface area contributed by atoms with Crippen LogP contribution in [0.25, 0.3) is 0 Å². The highest BCUT2D eigenvalue weighted by Gasteiger charge is 2.30. The van der Waals surface area contributed by atoms with E-state index in [9.17, 15) is 18.3 Å². The molecule has 0 bridgehead atoms. The van der Waals surface area contributed by atoms with E-state index >= 15 is 0 Å². The maximum atomic E-state index is 14.0. The first-order valence-electron chi connectivity index (χ1n) is 13.9. The first-order valence-corrected chi connectivity index (χ1v) is 15.7. The lowest BCUT2D eigenvalue weighted by atomic mass is 10.0. The van der Waals surface area contributed by atoms with Gasteiger partial charge >= 0.3 is 0 Å². The highest BCUT2D eigenvalue weighted by Crippen LogP contribution is 2.29. The second-order valence-electron chi connectivity index (χ2n) is 10.9. The van der Waals surface area contributed by atoms with Crippen LogP contribution >= 0.6 is 0 Å². The van der Waals surface area contributed by atoms with Gasteiger partial charge in [0.05, 0.1) is 36.7 Å². The van der Waals surface area contributed by atoms with E-state index in [-0.39, 0.29) is 41.9 Å². The van der Waals surface area contributed by atoms with Crippen LogP contribution < -0.4 is 9.46 Å². The van der Waals surface area contributed by atoms with Gasteiger partial charge in [-0.25, -0.2) is 8.42 Å². The number of nitrogens with zero attached hydrogens (tertiary/aromatic N) is 3. The minimum atomic E-state index is -3.55. The molecular weight excluding hydrogens is 532 g/mol. The molecule has 0 unspecified atom stereocenters. The van der Waals surface area contributed by atoms with Crippen LogP contribution in [0.15, 0.2) is 42.7 Å². The fourth-order valence-electron chi connectivity index (χ4n) is 4.83. The Balaban J connectivity index is 1.92. The third kappa shape index (κ3) is 9.72. The minimum absolute atomic E-state index is 0.0543. The van der Waals surface area contributed by atoms with Gasteiger partial charge < -0.3 is 19.5 Å². The maximum absolute atomic E-state index is 14.0. The third-order valence-corrected chi connectivity index (χ3v) is 7.65. The highest BCUT2D eigenvalue weighted by atomic mass is 32.2. The number of nitrogens with one attached hydrogen (secondary N) is 1. The SMILES string of the molecule is C[C@@H]1CCCCO[C@@H](CN(C)Cc2ccncc2)[C@@H](C)CN([C@H](C)CO)C(=O)c2cc(NS(C)(=O)=O)ccc2O1. The van der Waals surface area contributed by atoms with E-state index in [1.54, 1.807) is 36.4 Å². The summed E-state index contributed by atoms with van der Waals surface area (Å²) in [6, 6.07) is 8.24. The number of hydrogen-bond acceptors (Lipinski definition) is 8. The van der Waals surface area contributed by atoms with Crippen molar-refractivity contribution in [1.82, 2.24) is 14.8 Å². The number of carbonyl (C=O) groups excluding carboxylic acids is 1. The second kappa shape index (κ2) is 14.8. The molecule has 0 fully saturated rings. The summed E-state index contributed by atoms with van der Waals surface area (Å²) in [5.41, 5.74) is 1.67. The van der Waals surface area contributed by atoms with Gasteiger partial charge in [0.2, 0.25) is 10.0 Å². The van der Waals surface area contributed by atoms with E-state index in [4.69, 9.17) is 9.47 Å². The number of ether oxygens (including phenoxy) is 2. The Morgan fingerprint density at radius 1 is 1.20 bits per heavy atom. The summed E-state index contributed by atoms with van der Waals surface area (Å²) in [4.78, 5) is 22.0. The molecule has 40 heavy (non-hydrogen) atoms. The van der Waals surface area contributed by atoms with E-state index in [0.29, 0.717) is 25.4 Å². The van der Waals surface area contributed by atoms with Crippen molar-refractivity contribution in [3.63, 3.8) is 0 Å². The van der Waals surface area contributed by atoms with Crippen molar-refractivity contribution in [1.29, 1.82) is 0 Å². The number of benzene rings is 1. The molecule has 2 N–H and O–H groups in total. The normalized spacial score (nSPS) is 22.2. The zero-order valence-corrected chi connectivity index (χ0v) is 25.1. The maximum Gasteiger partial charge on any atom is 0.258 e. The van der Waals surface area contributed by atoms with Crippen molar-refractivity contribution in [2.45, 2.75) is 64.8 Å². The fourth-order valence-corrected chi connectivity index (χ4v) is 5.39. The second-order valence-corrected chi connectivity index (χ2v) is 12.7.